The van der Waals surface area contributed by atoms with Crippen molar-refractivity contribution in [2.75, 3.05) is 12.3 Å². The number of hydrogen-bond acceptors (Lipinski definition) is 3. The zero-order chi connectivity index (χ0) is 12.6. The van der Waals surface area contributed by atoms with Crippen LogP contribution in [0.4, 0.5) is 0 Å². The number of amides is 1. The molecule has 5 heteroatoms. The van der Waals surface area contributed by atoms with Gasteiger partial charge in [0.1, 0.15) is 0 Å². The fourth-order valence-electron chi connectivity index (χ4n) is 2.72. The number of carboxylic acid groups (broad SMARTS) is 1. The van der Waals surface area contributed by atoms with Gasteiger partial charge in [-0.3, -0.25) is 9.59 Å². The third kappa shape index (κ3) is 2.44. The molecule has 3 unspecified atom stereocenters. The van der Waals surface area contributed by atoms with E-state index in [9.17, 15) is 9.59 Å². The van der Waals surface area contributed by atoms with Crippen LogP contribution in [-0.2, 0) is 9.59 Å². The Morgan fingerprint density at radius 1 is 1.41 bits per heavy atom. The van der Waals surface area contributed by atoms with Gasteiger partial charge in [0.25, 0.3) is 0 Å². The number of aliphatic carboxylic acids is 1. The highest BCUT2D eigenvalue weighted by Gasteiger charge is 2.65. The maximum atomic E-state index is 11.9. The Morgan fingerprint density at radius 3 is 2.59 bits per heavy atom. The van der Waals surface area contributed by atoms with E-state index in [0.717, 1.165) is 6.42 Å². The summed E-state index contributed by atoms with van der Waals surface area (Å²) in [5, 5.41) is 12.4. The van der Waals surface area contributed by atoms with Gasteiger partial charge in [-0.2, -0.15) is 11.8 Å². The van der Waals surface area contributed by atoms with Crippen LogP contribution < -0.4 is 5.32 Å². The molecular formula is C12H19NO3S. The Morgan fingerprint density at radius 2 is 2.12 bits per heavy atom. The lowest BCUT2D eigenvalue weighted by Crippen LogP contribution is -2.32. The second-order valence-corrected chi connectivity index (χ2v) is 6.90. The minimum atomic E-state index is -0.856. The Labute approximate surface area is 106 Å². The maximum absolute atomic E-state index is 11.9. The van der Waals surface area contributed by atoms with Crippen molar-refractivity contribution in [2.24, 2.45) is 17.3 Å². The van der Waals surface area contributed by atoms with Crippen LogP contribution in [0.2, 0.25) is 0 Å². The highest BCUT2D eigenvalue weighted by atomic mass is 32.2. The lowest BCUT2D eigenvalue weighted by molar-refractivity contribution is -0.140. The predicted molar refractivity (Wildman–Crippen MR) is 66.9 cm³/mol. The molecule has 0 radical (unpaired) electrons. The molecule has 0 aromatic rings. The summed E-state index contributed by atoms with van der Waals surface area (Å²) in [6.07, 6.45) is 2.37. The standard InChI is InChI=1S/C12H19NO3S/c1-12(2)8(9(12)11(15)16)10(14)13-6-7-4-3-5-17-7/h7-9H,3-6H2,1-2H3,(H,13,14)(H,15,16). The Hall–Kier alpha value is -0.710. The average Bonchev–Trinajstić information content (AvgIpc) is 2.65. The molecule has 2 aliphatic rings. The van der Waals surface area contributed by atoms with Crippen LogP contribution in [0.25, 0.3) is 0 Å². The number of carbonyl (C=O) groups is 2. The molecule has 3 atom stereocenters. The molecule has 2 fully saturated rings. The molecule has 17 heavy (non-hydrogen) atoms. The van der Waals surface area contributed by atoms with Crippen LogP contribution >= 0.6 is 11.8 Å². The molecule has 0 aromatic heterocycles. The van der Waals surface area contributed by atoms with Crippen molar-refractivity contribution >= 4 is 23.6 Å². The summed E-state index contributed by atoms with van der Waals surface area (Å²) >= 11 is 1.89. The van der Waals surface area contributed by atoms with Gasteiger partial charge in [-0.05, 0) is 24.0 Å². The van der Waals surface area contributed by atoms with Gasteiger partial charge in [-0.15, -0.1) is 0 Å². The molecule has 2 N–H and O–H groups in total. The van der Waals surface area contributed by atoms with Crippen molar-refractivity contribution < 1.29 is 14.7 Å². The van der Waals surface area contributed by atoms with E-state index in [1.807, 2.05) is 25.6 Å². The van der Waals surface area contributed by atoms with E-state index in [-0.39, 0.29) is 11.8 Å². The Bertz CT molecular complexity index is 337. The van der Waals surface area contributed by atoms with Crippen molar-refractivity contribution in [3.63, 3.8) is 0 Å². The van der Waals surface area contributed by atoms with Crippen LogP contribution in [0.5, 0.6) is 0 Å². The van der Waals surface area contributed by atoms with Gasteiger partial charge < -0.3 is 10.4 Å². The quantitative estimate of drug-likeness (QED) is 0.798. The number of thioether (sulfide) groups is 1. The number of carboxylic acids is 1. The fraction of sp³-hybridized carbons (Fsp3) is 0.833. The van der Waals surface area contributed by atoms with Crippen LogP contribution in [-0.4, -0.2) is 34.5 Å². The van der Waals surface area contributed by atoms with Gasteiger partial charge in [-0.25, -0.2) is 0 Å². The molecule has 1 saturated heterocycles. The molecular weight excluding hydrogens is 238 g/mol. The smallest absolute Gasteiger partial charge is 0.307 e. The first-order valence-electron chi connectivity index (χ1n) is 6.06. The molecule has 0 bridgehead atoms. The van der Waals surface area contributed by atoms with Crippen LogP contribution in [0.3, 0.4) is 0 Å². The van der Waals surface area contributed by atoms with E-state index in [2.05, 4.69) is 5.32 Å². The minimum Gasteiger partial charge on any atom is -0.481 e. The van der Waals surface area contributed by atoms with Gasteiger partial charge in [0.2, 0.25) is 5.91 Å². The van der Waals surface area contributed by atoms with Crippen LogP contribution in [0, 0.1) is 17.3 Å². The number of carbonyl (C=O) groups excluding carboxylic acids is 1. The summed E-state index contributed by atoms with van der Waals surface area (Å²) in [6.45, 7) is 4.38. The van der Waals surface area contributed by atoms with E-state index >= 15 is 0 Å². The van der Waals surface area contributed by atoms with Gasteiger partial charge in [-0.1, -0.05) is 13.8 Å². The molecule has 96 valence electrons. The Kier molecular flexibility index (Phi) is 3.39. The van der Waals surface area contributed by atoms with E-state index in [1.54, 1.807) is 0 Å². The molecule has 0 aromatic carbocycles. The van der Waals surface area contributed by atoms with Gasteiger partial charge in [0.15, 0.2) is 0 Å². The molecule has 1 aliphatic heterocycles. The summed E-state index contributed by atoms with van der Waals surface area (Å²) in [5.41, 5.74) is -0.390. The monoisotopic (exact) mass is 257 g/mol. The predicted octanol–water partition coefficient (Wildman–Crippen LogP) is 1.35. The summed E-state index contributed by atoms with van der Waals surface area (Å²) in [6, 6.07) is 0. The number of nitrogens with one attached hydrogen (secondary N) is 1. The van der Waals surface area contributed by atoms with Crippen LogP contribution in [0.15, 0.2) is 0 Å². The molecule has 1 amide bonds. The van der Waals surface area contributed by atoms with Crippen molar-refractivity contribution in [1.82, 2.24) is 5.32 Å². The van der Waals surface area contributed by atoms with Crippen molar-refractivity contribution in [2.45, 2.75) is 31.9 Å². The topological polar surface area (TPSA) is 66.4 Å². The molecule has 4 nitrogen and oxygen atoms in total. The van der Waals surface area contributed by atoms with Crippen LogP contribution in [0.1, 0.15) is 26.7 Å². The molecule has 1 aliphatic carbocycles. The molecule has 1 saturated carbocycles. The van der Waals surface area contributed by atoms with Crippen molar-refractivity contribution in [3.8, 4) is 0 Å². The molecule has 2 rings (SSSR count). The zero-order valence-corrected chi connectivity index (χ0v) is 11.0. The summed E-state index contributed by atoms with van der Waals surface area (Å²) in [5.74, 6) is -0.641. The van der Waals surface area contributed by atoms with E-state index in [1.165, 1.54) is 12.2 Å². The van der Waals surface area contributed by atoms with Crippen molar-refractivity contribution in [3.05, 3.63) is 0 Å². The molecule has 1 heterocycles. The average molecular weight is 257 g/mol. The highest BCUT2D eigenvalue weighted by molar-refractivity contribution is 8.00. The zero-order valence-electron chi connectivity index (χ0n) is 10.2. The third-order valence-electron chi connectivity index (χ3n) is 3.90. The lowest BCUT2D eigenvalue weighted by Gasteiger charge is -2.10. The summed E-state index contributed by atoms with van der Waals surface area (Å²) in [4.78, 5) is 22.9. The molecule has 0 spiro atoms. The second-order valence-electron chi connectivity index (χ2n) is 5.50. The fourth-order valence-corrected chi connectivity index (χ4v) is 3.92. The third-order valence-corrected chi connectivity index (χ3v) is 5.30. The largest absolute Gasteiger partial charge is 0.481 e. The summed E-state index contributed by atoms with van der Waals surface area (Å²) in [7, 11) is 0. The van der Waals surface area contributed by atoms with E-state index in [4.69, 9.17) is 5.11 Å². The summed E-state index contributed by atoms with van der Waals surface area (Å²) < 4.78 is 0. The number of rotatable bonds is 4. The first-order valence-corrected chi connectivity index (χ1v) is 7.11. The lowest BCUT2D eigenvalue weighted by atomic mass is 10.1. The highest BCUT2D eigenvalue weighted by Crippen LogP contribution is 2.58. The van der Waals surface area contributed by atoms with E-state index in [0.29, 0.717) is 11.8 Å². The second kappa shape index (κ2) is 4.52. The normalized spacial score (nSPS) is 34.4. The Balaban J connectivity index is 1.82. The van der Waals surface area contributed by atoms with Gasteiger partial charge in [0, 0.05) is 11.8 Å². The van der Waals surface area contributed by atoms with E-state index < -0.39 is 17.3 Å². The number of hydrogen-bond donors (Lipinski definition) is 2. The SMILES string of the molecule is CC1(C)C(C(=O)O)C1C(=O)NCC1CCCS1. The first-order chi connectivity index (χ1) is 7.94. The maximum Gasteiger partial charge on any atom is 0.307 e. The first kappa shape index (κ1) is 12.7. The van der Waals surface area contributed by atoms with Gasteiger partial charge >= 0.3 is 5.97 Å². The van der Waals surface area contributed by atoms with Crippen molar-refractivity contribution in [1.29, 1.82) is 0 Å². The minimum absolute atomic E-state index is 0.0881. The van der Waals surface area contributed by atoms with Gasteiger partial charge in [0.05, 0.1) is 11.8 Å².